The van der Waals surface area contributed by atoms with Crippen molar-refractivity contribution in [3.05, 3.63) is 34.3 Å². The molecule has 1 aromatic rings. The minimum Gasteiger partial charge on any atom is -0.311 e. The van der Waals surface area contributed by atoms with E-state index in [1.165, 1.54) is 43.2 Å². The third-order valence-corrected chi connectivity index (χ3v) is 5.04. The Balaban J connectivity index is 1.93. The van der Waals surface area contributed by atoms with Crippen molar-refractivity contribution in [1.82, 2.24) is 10.2 Å². The largest absolute Gasteiger partial charge is 0.311 e. The molecular formula is C17H27ClN2. The second kappa shape index (κ2) is 6.93. The van der Waals surface area contributed by atoms with Gasteiger partial charge in [0.15, 0.2) is 0 Å². The molecule has 20 heavy (non-hydrogen) atoms. The van der Waals surface area contributed by atoms with Crippen LogP contribution in [-0.2, 0) is 6.54 Å². The summed E-state index contributed by atoms with van der Waals surface area (Å²) in [6.45, 7) is 4.13. The monoisotopic (exact) mass is 294 g/mol. The van der Waals surface area contributed by atoms with E-state index in [-0.39, 0.29) is 0 Å². The molecule has 0 heterocycles. The fourth-order valence-corrected chi connectivity index (χ4v) is 3.51. The number of likely N-dealkylation sites (N-methyl/N-ethyl adjacent to an activating group) is 1. The summed E-state index contributed by atoms with van der Waals surface area (Å²) in [5.41, 5.74) is 2.96. The molecule has 1 fully saturated rings. The summed E-state index contributed by atoms with van der Waals surface area (Å²) in [7, 11) is 4.45. The lowest BCUT2D eigenvalue weighted by Crippen LogP contribution is -2.52. The number of aryl methyl sites for hydroxylation is 1. The quantitative estimate of drug-likeness (QED) is 0.883. The van der Waals surface area contributed by atoms with Crippen LogP contribution in [0.2, 0.25) is 5.02 Å². The van der Waals surface area contributed by atoms with Crippen LogP contribution in [0.5, 0.6) is 0 Å². The van der Waals surface area contributed by atoms with Gasteiger partial charge >= 0.3 is 0 Å². The van der Waals surface area contributed by atoms with Crippen molar-refractivity contribution in [2.45, 2.75) is 51.1 Å². The van der Waals surface area contributed by atoms with E-state index in [0.29, 0.717) is 5.54 Å². The second-order valence-corrected chi connectivity index (χ2v) is 6.79. The summed E-state index contributed by atoms with van der Waals surface area (Å²) in [5.74, 6) is 0. The zero-order valence-electron chi connectivity index (χ0n) is 13.0. The van der Waals surface area contributed by atoms with E-state index in [1.54, 1.807) is 0 Å². The zero-order chi connectivity index (χ0) is 14.6. The van der Waals surface area contributed by atoms with Crippen molar-refractivity contribution in [3.8, 4) is 0 Å². The summed E-state index contributed by atoms with van der Waals surface area (Å²) in [5, 5.41) is 4.49. The minimum atomic E-state index is 0.346. The number of halogens is 1. The molecule has 0 unspecified atom stereocenters. The zero-order valence-corrected chi connectivity index (χ0v) is 13.8. The van der Waals surface area contributed by atoms with Crippen molar-refractivity contribution in [3.63, 3.8) is 0 Å². The van der Waals surface area contributed by atoms with Gasteiger partial charge in [0.25, 0.3) is 0 Å². The third-order valence-electron chi connectivity index (χ3n) is 4.81. The average Bonchev–Trinajstić information content (AvgIpc) is 2.42. The van der Waals surface area contributed by atoms with Gasteiger partial charge in [-0.2, -0.15) is 0 Å². The number of nitrogens with zero attached hydrogens (tertiary/aromatic N) is 1. The number of rotatable bonds is 5. The molecule has 0 aromatic heterocycles. The first-order chi connectivity index (χ1) is 9.53. The first-order valence-corrected chi connectivity index (χ1v) is 8.04. The molecule has 0 amide bonds. The van der Waals surface area contributed by atoms with Gasteiger partial charge in [0.05, 0.1) is 0 Å². The molecule has 2 nitrogen and oxygen atoms in total. The van der Waals surface area contributed by atoms with Crippen LogP contribution < -0.4 is 5.32 Å². The van der Waals surface area contributed by atoms with Crippen molar-refractivity contribution in [1.29, 1.82) is 0 Å². The van der Waals surface area contributed by atoms with E-state index in [9.17, 15) is 0 Å². The molecule has 1 aromatic carbocycles. The Morgan fingerprint density at radius 3 is 2.50 bits per heavy atom. The van der Waals surface area contributed by atoms with Gasteiger partial charge < -0.3 is 10.2 Å². The predicted molar refractivity (Wildman–Crippen MR) is 87.4 cm³/mol. The van der Waals surface area contributed by atoms with E-state index >= 15 is 0 Å². The van der Waals surface area contributed by atoms with Crippen LogP contribution in [0, 0.1) is 6.92 Å². The normalized spacial score (nSPS) is 18.4. The van der Waals surface area contributed by atoms with Crippen LogP contribution in [-0.4, -0.2) is 31.1 Å². The highest BCUT2D eigenvalue weighted by Gasteiger charge is 2.33. The third kappa shape index (κ3) is 3.75. The highest BCUT2D eigenvalue weighted by atomic mass is 35.5. The Morgan fingerprint density at radius 1 is 1.20 bits per heavy atom. The van der Waals surface area contributed by atoms with Crippen LogP contribution in [0.15, 0.2) is 18.2 Å². The van der Waals surface area contributed by atoms with Crippen LogP contribution in [0.1, 0.15) is 43.2 Å². The molecule has 0 radical (unpaired) electrons. The van der Waals surface area contributed by atoms with Gasteiger partial charge in [-0.3, -0.25) is 0 Å². The second-order valence-electron chi connectivity index (χ2n) is 6.35. The molecule has 0 saturated heterocycles. The predicted octanol–water partition coefficient (Wildman–Crippen LogP) is 4.00. The Morgan fingerprint density at radius 2 is 1.90 bits per heavy atom. The summed E-state index contributed by atoms with van der Waals surface area (Å²) < 4.78 is 0. The first kappa shape index (κ1) is 15.8. The molecule has 1 saturated carbocycles. The highest BCUT2D eigenvalue weighted by Crippen LogP contribution is 2.31. The smallest absolute Gasteiger partial charge is 0.0408 e. The molecule has 0 spiro atoms. The van der Waals surface area contributed by atoms with E-state index in [2.05, 4.69) is 37.3 Å². The summed E-state index contributed by atoms with van der Waals surface area (Å²) >= 11 is 6.01. The van der Waals surface area contributed by atoms with E-state index < -0.39 is 0 Å². The van der Waals surface area contributed by atoms with Crippen LogP contribution >= 0.6 is 11.6 Å². The number of benzene rings is 1. The minimum absolute atomic E-state index is 0.346. The topological polar surface area (TPSA) is 15.3 Å². The van der Waals surface area contributed by atoms with Crippen LogP contribution in [0.4, 0.5) is 0 Å². The van der Waals surface area contributed by atoms with Crippen molar-refractivity contribution in [2.75, 3.05) is 20.6 Å². The lowest BCUT2D eigenvalue weighted by molar-refractivity contribution is 0.0984. The van der Waals surface area contributed by atoms with Crippen molar-refractivity contribution in [2.24, 2.45) is 0 Å². The van der Waals surface area contributed by atoms with Crippen LogP contribution in [0.3, 0.4) is 0 Å². The maximum absolute atomic E-state index is 6.01. The molecule has 1 N–H and O–H groups in total. The molecule has 3 heteroatoms. The Bertz CT molecular complexity index is 437. The lowest BCUT2D eigenvalue weighted by Gasteiger charge is -2.43. The van der Waals surface area contributed by atoms with Crippen molar-refractivity contribution >= 4 is 11.6 Å². The fourth-order valence-electron chi connectivity index (χ4n) is 3.28. The van der Waals surface area contributed by atoms with Gasteiger partial charge in [-0.15, -0.1) is 0 Å². The SMILES string of the molecule is Cc1cc(Cl)ccc1CNCC1(N(C)C)CCCCC1. The van der Waals surface area contributed by atoms with E-state index in [4.69, 9.17) is 11.6 Å². The van der Waals surface area contributed by atoms with Crippen LogP contribution in [0.25, 0.3) is 0 Å². The first-order valence-electron chi connectivity index (χ1n) is 7.67. The molecule has 1 aliphatic rings. The van der Waals surface area contributed by atoms with E-state index in [0.717, 1.165) is 18.1 Å². The summed E-state index contributed by atoms with van der Waals surface area (Å²) in [6, 6.07) is 6.16. The number of hydrogen-bond donors (Lipinski definition) is 1. The van der Waals surface area contributed by atoms with Crippen molar-refractivity contribution < 1.29 is 0 Å². The Labute approximate surface area is 128 Å². The van der Waals surface area contributed by atoms with Gasteiger partial charge in [0, 0.05) is 23.7 Å². The Hall–Kier alpha value is -0.570. The summed E-state index contributed by atoms with van der Waals surface area (Å²) in [6.07, 6.45) is 6.74. The fraction of sp³-hybridized carbons (Fsp3) is 0.647. The van der Waals surface area contributed by atoms with Gasteiger partial charge in [0.2, 0.25) is 0 Å². The lowest BCUT2D eigenvalue weighted by atomic mass is 9.80. The summed E-state index contributed by atoms with van der Waals surface area (Å²) in [4.78, 5) is 2.42. The standard InChI is InChI=1S/C17H27ClN2/c1-14-11-16(18)8-7-15(14)12-19-13-17(20(2)3)9-5-4-6-10-17/h7-8,11,19H,4-6,9-10,12-13H2,1-3H3. The van der Waals surface area contributed by atoms with Gasteiger partial charge in [0.1, 0.15) is 0 Å². The number of hydrogen-bond acceptors (Lipinski definition) is 2. The molecule has 112 valence electrons. The molecule has 1 aliphatic carbocycles. The molecule has 0 atom stereocenters. The molecule has 2 rings (SSSR count). The number of nitrogens with one attached hydrogen (secondary N) is 1. The molecule has 0 bridgehead atoms. The van der Waals surface area contributed by atoms with Gasteiger partial charge in [-0.25, -0.2) is 0 Å². The Kier molecular flexibility index (Phi) is 5.48. The average molecular weight is 295 g/mol. The highest BCUT2D eigenvalue weighted by molar-refractivity contribution is 6.30. The molecule has 0 aliphatic heterocycles. The maximum Gasteiger partial charge on any atom is 0.0408 e. The van der Waals surface area contributed by atoms with Gasteiger partial charge in [-0.05, 0) is 57.1 Å². The van der Waals surface area contributed by atoms with E-state index in [1.807, 2.05) is 12.1 Å². The van der Waals surface area contributed by atoms with Gasteiger partial charge in [-0.1, -0.05) is 36.9 Å². The molecular weight excluding hydrogens is 268 g/mol. The maximum atomic E-state index is 6.01.